The Morgan fingerprint density at radius 2 is 1.55 bits per heavy atom. The first kappa shape index (κ1) is 27.9. The predicted octanol–water partition coefficient (Wildman–Crippen LogP) is 2.78. The van der Waals surface area contributed by atoms with Gasteiger partial charge in [0.1, 0.15) is 24.2 Å². The van der Waals surface area contributed by atoms with Gasteiger partial charge < -0.3 is 25.0 Å². The van der Waals surface area contributed by atoms with Gasteiger partial charge in [0, 0.05) is 6.04 Å². The summed E-state index contributed by atoms with van der Waals surface area (Å²) in [5, 5.41) is 5.09. The number of nitrogens with zero attached hydrogens (tertiary/aromatic N) is 1. The minimum atomic E-state index is -1.02. The van der Waals surface area contributed by atoms with Crippen molar-refractivity contribution in [3.63, 3.8) is 0 Å². The lowest BCUT2D eigenvalue weighted by Crippen LogP contribution is -2.54. The topological polar surface area (TPSA) is 114 Å². The average molecular weight is 464 g/mol. The van der Waals surface area contributed by atoms with Gasteiger partial charge in [0.25, 0.3) is 0 Å². The van der Waals surface area contributed by atoms with E-state index in [-0.39, 0.29) is 6.54 Å². The van der Waals surface area contributed by atoms with Crippen LogP contribution in [0.3, 0.4) is 0 Å². The fraction of sp³-hybridized carbons (Fsp3) is 0.583. The Hall–Kier alpha value is -3.10. The Balaban J connectivity index is 3.34. The second kappa shape index (κ2) is 11.7. The molecule has 9 nitrogen and oxygen atoms in total. The van der Waals surface area contributed by atoms with Crippen molar-refractivity contribution >= 4 is 23.9 Å². The summed E-state index contributed by atoms with van der Waals surface area (Å²) in [6.45, 7) is 13.7. The molecule has 0 fully saturated rings. The molecule has 1 rings (SSSR count). The van der Waals surface area contributed by atoms with E-state index in [9.17, 15) is 19.2 Å². The number of esters is 1. The number of carbonyl (C=O) groups is 4. The van der Waals surface area contributed by atoms with Gasteiger partial charge in [-0.05, 0) is 61.0 Å². The molecule has 3 amide bonds. The maximum atomic E-state index is 13.5. The zero-order chi connectivity index (χ0) is 25.5. The lowest BCUT2D eigenvalue weighted by Gasteiger charge is -2.36. The molecule has 0 heterocycles. The van der Waals surface area contributed by atoms with E-state index in [0.717, 1.165) is 11.1 Å². The molecule has 0 radical (unpaired) electrons. The third-order valence-corrected chi connectivity index (χ3v) is 4.64. The Morgan fingerprint density at radius 1 is 1.00 bits per heavy atom. The monoisotopic (exact) mass is 463 g/mol. The maximum absolute atomic E-state index is 13.5. The molecule has 2 N–H and O–H groups in total. The largest absolute Gasteiger partial charge is 0.468 e. The highest BCUT2D eigenvalue weighted by Gasteiger charge is 2.36. The molecule has 0 bridgehead atoms. The standard InChI is InChI=1S/C24H37N3O6/c1-14(2)27(22(30)17(5)26-23(31)33-24(6,7)8)20(21(29)25-13-19(28)32-9)18-11-15(3)10-16(4)12-18/h10-12,14,17,20H,13H2,1-9H3,(H,25,29)(H,26,31). The summed E-state index contributed by atoms with van der Waals surface area (Å²) in [5.41, 5.74) is 1.72. The molecular weight excluding hydrogens is 426 g/mol. The Labute approximate surface area is 196 Å². The minimum absolute atomic E-state index is 0.331. The van der Waals surface area contributed by atoms with Crippen molar-refractivity contribution in [1.29, 1.82) is 0 Å². The summed E-state index contributed by atoms with van der Waals surface area (Å²) in [7, 11) is 1.23. The van der Waals surface area contributed by atoms with Crippen molar-refractivity contribution in [1.82, 2.24) is 15.5 Å². The Bertz CT molecular complexity index is 855. The fourth-order valence-corrected chi connectivity index (χ4v) is 3.38. The van der Waals surface area contributed by atoms with Crippen molar-refractivity contribution in [2.24, 2.45) is 0 Å². The van der Waals surface area contributed by atoms with Crippen LogP contribution in [0.1, 0.15) is 64.3 Å². The molecule has 2 unspecified atom stereocenters. The second-order valence-corrected chi connectivity index (χ2v) is 9.32. The highest BCUT2D eigenvalue weighted by Crippen LogP contribution is 2.26. The maximum Gasteiger partial charge on any atom is 0.408 e. The minimum Gasteiger partial charge on any atom is -0.468 e. The first-order valence-corrected chi connectivity index (χ1v) is 10.9. The number of rotatable bonds is 8. The van der Waals surface area contributed by atoms with Crippen molar-refractivity contribution in [3.05, 3.63) is 34.9 Å². The number of alkyl carbamates (subject to hydrolysis) is 1. The van der Waals surface area contributed by atoms with Crippen LogP contribution >= 0.6 is 0 Å². The lowest BCUT2D eigenvalue weighted by molar-refractivity contribution is -0.146. The first-order chi connectivity index (χ1) is 15.2. The third-order valence-electron chi connectivity index (χ3n) is 4.64. The summed E-state index contributed by atoms with van der Waals surface area (Å²) in [4.78, 5) is 51.9. The SMILES string of the molecule is COC(=O)CNC(=O)C(c1cc(C)cc(C)c1)N(C(=O)C(C)NC(=O)OC(C)(C)C)C(C)C. The van der Waals surface area contributed by atoms with E-state index in [2.05, 4.69) is 15.4 Å². The number of methoxy groups -OCH3 is 1. The number of carbonyl (C=O) groups excluding carboxylic acids is 4. The highest BCUT2D eigenvalue weighted by molar-refractivity contribution is 5.93. The van der Waals surface area contributed by atoms with E-state index in [1.807, 2.05) is 32.0 Å². The van der Waals surface area contributed by atoms with Gasteiger partial charge in [0.15, 0.2) is 0 Å². The van der Waals surface area contributed by atoms with Crippen molar-refractivity contribution < 1.29 is 28.7 Å². The fourth-order valence-electron chi connectivity index (χ4n) is 3.38. The number of benzene rings is 1. The van der Waals surface area contributed by atoms with Gasteiger partial charge in [0.2, 0.25) is 11.8 Å². The summed E-state index contributed by atoms with van der Waals surface area (Å²) in [6.07, 6.45) is -0.731. The lowest BCUT2D eigenvalue weighted by atomic mass is 9.97. The van der Waals surface area contributed by atoms with Crippen molar-refractivity contribution in [2.45, 2.75) is 79.1 Å². The van der Waals surface area contributed by atoms with E-state index in [1.165, 1.54) is 18.9 Å². The molecule has 9 heteroatoms. The van der Waals surface area contributed by atoms with Crippen LogP contribution in [0.2, 0.25) is 0 Å². The van der Waals surface area contributed by atoms with Gasteiger partial charge in [-0.2, -0.15) is 0 Å². The highest BCUT2D eigenvalue weighted by atomic mass is 16.6. The molecule has 33 heavy (non-hydrogen) atoms. The molecule has 0 aromatic heterocycles. The molecule has 0 saturated heterocycles. The number of amides is 3. The summed E-state index contributed by atoms with van der Waals surface area (Å²) in [5.74, 6) is -1.60. The molecule has 2 atom stereocenters. The normalized spacial score (nSPS) is 13.0. The number of hydrogen-bond donors (Lipinski definition) is 2. The zero-order valence-corrected chi connectivity index (χ0v) is 21.1. The van der Waals surface area contributed by atoms with Crippen LogP contribution in [0.4, 0.5) is 4.79 Å². The molecule has 1 aromatic rings. The van der Waals surface area contributed by atoms with Gasteiger partial charge in [-0.25, -0.2) is 4.79 Å². The summed E-state index contributed by atoms with van der Waals surface area (Å²) < 4.78 is 9.85. The van der Waals surface area contributed by atoms with Gasteiger partial charge in [-0.15, -0.1) is 0 Å². The van der Waals surface area contributed by atoms with E-state index in [0.29, 0.717) is 5.56 Å². The Morgan fingerprint density at radius 3 is 2.00 bits per heavy atom. The van der Waals surface area contributed by atoms with Gasteiger partial charge in [-0.1, -0.05) is 29.3 Å². The molecule has 1 aromatic carbocycles. The quantitative estimate of drug-likeness (QED) is 0.573. The smallest absolute Gasteiger partial charge is 0.408 e. The number of aryl methyl sites for hydroxylation is 2. The number of ether oxygens (including phenoxy) is 2. The van der Waals surface area contributed by atoms with Crippen LogP contribution in [0.15, 0.2) is 18.2 Å². The van der Waals surface area contributed by atoms with E-state index in [1.54, 1.807) is 34.6 Å². The number of nitrogens with one attached hydrogen (secondary N) is 2. The summed E-state index contributed by atoms with van der Waals surface area (Å²) >= 11 is 0. The van der Waals surface area contributed by atoms with Crippen molar-refractivity contribution in [3.8, 4) is 0 Å². The predicted molar refractivity (Wildman–Crippen MR) is 124 cm³/mol. The molecule has 0 spiro atoms. The zero-order valence-electron chi connectivity index (χ0n) is 21.1. The van der Waals surface area contributed by atoms with E-state index in [4.69, 9.17) is 4.74 Å². The second-order valence-electron chi connectivity index (χ2n) is 9.32. The molecule has 0 aliphatic rings. The van der Waals surface area contributed by atoms with Gasteiger partial charge in [0.05, 0.1) is 7.11 Å². The molecular formula is C24H37N3O6. The van der Waals surface area contributed by atoms with Crippen LogP contribution < -0.4 is 10.6 Å². The van der Waals surface area contributed by atoms with E-state index >= 15 is 0 Å². The average Bonchev–Trinajstić information content (AvgIpc) is 2.66. The van der Waals surface area contributed by atoms with Crippen LogP contribution in [-0.2, 0) is 23.9 Å². The van der Waals surface area contributed by atoms with Crippen LogP contribution in [0, 0.1) is 13.8 Å². The first-order valence-electron chi connectivity index (χ1n) is 10.9. The van der Waals surface area contributed by atoms with Crippen LogP contribution in [0.25, 0.3) is 0 Å². The molecule has 0 saturated carbocycles. The van der Waals surface area contributed by atoms with Crippen LogP contribution in [-0.4, -0.2) is 60.1 Å². The third kappa shape index (κ3) is 8.75. The van der Waals surface area contributed by atoms with Crippen LogP contribution in [0.5, 0.6) is 0 Å². The van der Waals surface area contributed by atoms with Gasteiger partial charge in [-0.3, -0.25) is 14.4 Å². The summed E-state index contributed by atoms with van der Waals surface area (Å²) in [6, 6.07) is 3.23. The molecule has 184 valence electrons. The molecule has 0 aliphatic carbocycles. The Kier molecular flexibility index (Phi) is 9.88. The van der Waals surface area contributed by atoms with E-state index < -0.39 is 47.6 Å². The molecule has 0 aliphatic heterocycles. The number of hydrogen-bond acceptors (Lipinski definition) is 6. The van der Waals surface area contributed by atoms with Gasteiger partial charge >= 0.3 is 12.1 Å². The van der Waals surface area contributed by atoms with Crippen molar-refractivity contribution in [2.75, 3.05) is 13.7 Å².